The first kappa shape index (κ1) is 19.7. The van der Waals surface area contributed by atoms with Gasteiger partial charge in [-0.3, -0.25) is 9.78 Å². The number of benzene rings is 2. The monoisotopic (exact) mass is 423 g/mol. The molecule has 1 N–H and O–H groups in total. The second-order valence-electron chi connectivity index (χ2n) is 7.75. The first-order chi connectivity index (χ1) is 15.5. The van der Waals surface area contributed by atoms with E-state index in [0.717, 1.165) is 39.0 Å². The summed E-state index contributed by atoms with van der Waals surface area (Å²) >= 11 is 0. The van der Waals surface area contributed by atoms with E-state index in [4.69, 9.17) is 4.52 Å². The average molecular weight is 423 g/mol. The minimum atomic E-state index is -0.0625. The molecule has 2 aromatic carbocycles. The fraction of sp³-hybridized carbons (Fsp3) is 0.120. The van der Waals surface area contributed by atoms with Crippen molar-refractivity contribution in [1.82, 2.24) is 19.7 Å². The smallest absolute Gasteiger partial charge is 0.315 e. The van der Waals surface area contributed by atoms with Crippen LogP contribution in [0.1, 0.15) is 11.3 Å². The highest BCUT2D eigenvalue weighted by Crippen LogP contribution is 2.28. The molecule has 158 valence electrons. The Labute approximate surface area is 184 Å². The molecular weight excluding hydrogens is 402 g/mol. The Morgan fingerprint density at radius 1 is 0.969 bits per heavy atom. The zero-order chi connectivity index (χ0) is 22.2. The predicted molar refractivity (Wildman–Crippen MR) is 125 cm³/mol. The van der Waals surface area contributed by atoms with E-state index in [0.29, 0.717) is 11.4 Å². The molecule has 0 radical (unpaired) electrons. The molecule has 0 unspecified atom stereocenters. The topological polar surface area (TPSA) is 85.8 Å². The van der Waals surface area contributed by atoms with Crippen molar-refractivity contribution < 1.29 is 4.52 Å². The molecular formula is C25H21N5O2. The molecule has 0 aliphatic carbocycles. The van der Waals surface area contributed by atoms with Crippen LogP contribution in [-0.2, 0) is 7.05 Å². The average Bonchev–Trinajstić information content (AvgIpc) is 3.27. The standard InChI is InChI=1S/C25H21N5O2/c1-15-9-10-19(27-25-28-23(29-32-25)17-7-5-4-6-8-17)13-20(15)21-12-18-14-26-16(2)11-22(18)30(3)24(21)31/h4-14H,1-3H3,(H,27,28,29). The molecule has 7 nitrogen and oxygen atoms in total. The number of nitrogens with one attached hydrogen (secondary N) is 1. The number of rotatable bonds is 4. The predicted octanol–water partition coefficient (Wildman–Crippen LogP) is 5.01. The number of fused-ring (bicyclic) bond motifs is 1. The van der Waals surface area contributed by atoms with Crippen LogP contribution >= 0.6 is 0 Å². The lowest BCUT2D eigenvalue weighted by atomic mass is 9.99. The van der Waals surface area contributed by atoms with Crippen LogP contribution in [0.3, 0.4) is 0 Å². The molecule has 32 heavy (non-hydrogen) atoms. The summed E-state index contributed by atoms with van der Waals surface area (Å²) in [6.07, 6.45) is 1.80. The highest BCUT2D eigenvalue weighted by atomic mass is 16.5. The van der Waals surface area contributed by atoms with Crippen molar-refractivity contribution >= 4 is 22.6 Å². The maximum absolute atomic E-state index is 13.2. The van der Waals surface area contributed by atoms with Crippen LogP contribution in [-0.4, -0.2) is 19.7 Å². The molecule has 0 aliphatic heterocycles. The van der Waals surface area contributed by atoms with Gasteiger partial charge in [-0.05, 0) is 49.2 Å². The Morgan fingerprint density at radius 3 is 2.59 bits per heavy atom. The van der Waals surface area contributed by atoms with Gasteiger partial charge >= 0.3 is 6.01 Å². The van der Waals surface area contributed by atoms with E-state index >= 15 is 0 Å². The molecule has 5 rings (SSSR count). The van der Waals surface area contributed by atoms with E-state index in [-0.39, 0.29) is 11.6 Å². The maximum atomic E-state index is 13.2. The van der Waals surface area contributed by atoms with Crippen LogP contribution in [0.5, 0.6) is 0 Å². The van der Waals surface area contributed by atoms with Crippen molar-refractivity contribution in [3.8, 4) is 22.5 Å². The van der Waals surface area contributed by atoms with Gasteiger partial charge in [-0.1, -0.05) is 41.6 Å². The van der Waals surface area contributed by atoms with Crippen molar-refractivity contribution in [2.75, 3.05) is 5.32 Å². The third kappa shape index (κ3) is 3.54. The van der Waals surface area contributed by atoms with Crippen LogP contribution in [0.25, 0.3) is 33.4 Å². The van der Waals surface area contributed by atoms with Gasteiger partial charge in [0.25, 0.3) is 5.56 Å². The molecule has 5 aromatic rings. The van der Waals surface area contributed by atoms with Crippen molar-refractivity contribution in [3.63, 3.8) is 0 Å². The highest BCUT2D eigenvalue weighted by molar-refractivity contribution is 5.85. The summed E-state index contributed by atoms with van der Waals surface area (Å²) in [5.41, 5.74) is 5.73. The molecule has 0 aliphatic rings. The second-order valence-corrected chi connectivity index (χ2v) is 7.75. The minimum absolute atomic E-state index is 0.0625. The largest absolute Gasteiger partial charge is 0.326 e. The van der Waals surface area contributed by atoms with Crippen molar-refractivity contribution in [2.45, 2.75) is 13.8 Å². The Hall–Kier alpha value is -4.26. The summed E-state index contributed by atoms with van der Waals surface area (Å²) in [4.78, 5) is 22.0. The summed E-state index contributed by atoms with van der Waals surface area (Å²) < 4.78 is 7.03. The number of hydrogen-bond acceptors (Lipinski definition) is 6. The second kappa shape index (κ2) is 7.77. The van der Waals surface area contributed by atoms with E-state index in [1.54, 1.807) is 17.8 Å². The number of nitrogens with zero attached hydrogens (tertiary/aromatic N) is 4. The fourth-order valence-electron chi connectivity index (χ4n) is 3.75. The molecule has 7 heteroatoms. The SMILES string of the molecule is Cc1cc2c(cn1)cc(-c1cc(Nc3nc(-c4ccccc4)no3)ccc1C)c(=O)n2C. The van der Waals surface area contributed by atoms with Gasteiger partial charge in [-0.15, -0.1) is 0 Å². The van der Waals surface area contributed by atoms with E-state index in [2.05, 4.69) is 20.4 Å². The minimum Gasteiger partial charge on any atom is -0.315 e. The van der Waals surface area contributed by atoms with Crippen LogP contribution in [0.15, 0.2) is 76.2 Å². The van der Waals surface area contributed by atoms with Crippen molar-refractivity contribution in [1.29, 1.82) is 0 Å². The third-order valence-corrected chi connectivity index (χ3v) is 5.48. The zero-order valence-electron chi connectivity index (χ0n) is 18.0. The number of aromatic nitrogens is 4. The van der Waals surface area contributed by atoms with Crippen molar-refractivity contribution in [2.24, 2.45) is 7.05 Å². The van der Waals surface area contributed by atoms with E-state index in [9.17, 15) is 4.79 Å². The molecule has 0 saturated carbocycles. The summed E-state index contributed by atoms with van der Waals surface area (Å²) in [6, 6.07) is 19.5. The molecule has 3 aromatic heterocycles. The maximum Gasteiger partial charge on any atom is 0.326 e. The van der Waals surface area contributed by atoms with Crippen molar-refractivity contribution in [3.05, 3.63) is 88.5 Å². The van der Waals surface area contributed by atoms with Crippen LogP contribution in [0.2, 0.25) is 0 Å². The Kier molecular flexibility index (Phi) is 4.78. The van der Waals surface area contributed by atoms with Gasteiger partial charge < -0.3 is 14.4 Å². The summed E-state index contributed by atoms with van der Waals surface area (Å²) in [6.45, 7) is 3.90. The van der Waals surface area contributed by atoms with Gasteiger partial charge in [-0.2, -0.15) is 4.98 Å². The first-order valence-electron chi connectivity index (χ1n) is 10.2. The van der Waals surface area contributed by atoms with E-state index < -0.39 is 0 Å². The molecule has 0 spiro atoms. The normalized spacial score (nSPS) is 11.1. The lowest BCUT2D eigenvalue weighted by Gasteiger charge is -2.12. The summed E-state index contributed by atoms with van der Waals surface area (Å²) in [7, 11) is 1.79. The van der Waals surface area contributed by atoms with Crippen LogP contribution in [0.4, 0.5) is 11.7 Å². The molecule has 0 saturated heterocycles. The highest BCUT2D eigenvalue weighted by Gasteiger charge is 2.14. The number of hydrogen-bond donors (Lipinski definition) is 1. The van der Waals surface area contributed by atoms with Crippen LogP contribution < -0.4 is 10.9 Å². The van der Waals surface area contributed by atoms with E-state index in [1.807, 2.05) is 74.5 Å². The Balaban J connectivity index is 1.53. The van der Waals surface area contributed by atoms with Gasteiger partial charge in [0, 0.05) is 41.1 Å². The zero-order valence-corrected chi connectivity index (χ0v) is 18.0. The van der Waals surface area contributed by atoms with Gasteiger partial charge in [0.2, 0.25) is 5.82 Å². The summed E-state index contributed by atoms with van der Waals surface area (Å²) in [5, 5.41) is 8.10. The lowest BCUT2D eigenvalue weighted by molar-refractivity contribution is 0.435. The quantitative estimate of drug-likeness (QED) is 0.437. The fourth-order valence-corrected chi connectivity index (χ4v) is 3.75. The molecule has 0 bridgehead atoms. The molecule has 0 fully saturated rings. The summed E-state index contributed by atoms with van der Waals surface area (Å²) in [5.74, 6) is 0.506. The van der Waals surface area contributed by atoms with Gasteiger partial charge in [-0.25, -0.2) is 0 Å². The van der Waals surface area contributed by atoms with E-state index in [1.165, 1.54) is 0 Å². The number of pyridine rings is 2. The van der Waals surface area contributed by atoms with Gasteiger partial charge in [0.05, 0.1) is 5.52 Å². The number of aryl methyl sites for hydroxylation is 3. The lowest BCUT2D eigenvalue weighted by Crippen LogP contribution is -2.19. The van der Waals surface area contributed by atoms with Crippen LogP contribution in [0, 0.1) is 13.8 Å². The van der Waals surface area contributed by atoms with Gasteiger partial charge in [0.15, 0.2) is 0 Å². The first-order valence-corrected chi connectivity index (χ1v) is 10.2. The number of anilines is 2. The molecule has 0 atom stereocenters. The van der Waals surface area contributed by atoms with Gasteiger partial charge in [0.1, 0.15) is 0 Å². The molecule has 3 heterocycles. The molecule has 0 amide bonds. The third-order valence-electron chi connectivity index (χ3n) is 5.48. The Morgan fingerprint density at radius 2 is 1.78 bits per heavy atom. The Bertz CT molecular complexity index is 1500.